The highest BCUT2D eigenvalue weighted by atomic mass is 16.5. The smallest absolute Gasteiger partial charge is 0.227 e. The van der Waals surface area contributed by atoms with Crippen molar-refractivity contribution in [3.05, 3.63) is 58.9 Å². The monoisotopic (exact) mass is 421 g/mol. The van der Waals surface area contributed by atoms with Gasteiger partial charge in [-0.3, -0.25) is 14.6 Å². The molecule has 6 heteroatoms. The molecule has 2 aromatic rings. The number of pyridine rings is 1. The number of aromatic nitrogens is 1. The summed E-state index contributed by atoms with van der Waals surface area (Å²) < 4.78 is 5.35. The molecule has 2 amide bonds. The highest BCUT2D eigenvalue weighted by Crippen LogP contribution is 2.30. The summed E-state index contributed by atoms with van der Waals surface area (Å²) in [6.45, 7) is 4.06. The molecule has 31 heavy (non-hydrogen) atoms. The summed E-state index contributed by atoms with van der Waals surface area (Å²) in [6.07, 6.45) is 3.02. The molecule has 2 fully saturated rings. The lowest BCUT2D eigenvalue weighted by atomic mass is 9.90. The predicted octanol–water partition coefficient (Wildman–Crippen LogP) is 3.17. The van der Waals surface area contributed by atoms with Crippen LogP contribution in [0.3, 0.4) is 0 Å². The number of piperidine rings is 1. The van der Waals surface area contributed by atoms with Gasteiger partial charge in [0, 0.05) is 50.4 Å². The highest BCUT2D eigenvalue weighted by Gasteiger charge is 2.36. The van der Waals surface area contributed by atoms with Crippen molar-refractivity contribution in [3.8, 4) is 5.75 Å². The molecule has 1 aromatic heterocycles. The Morgan fingerprint density at radius 3 is 2.61 bits per heavy atom. The quantitative estimate of drug-likeness (QED) is 0.744. The minimum Gasteiger partial charge on any atom is -0.497 e. The Hall–Kier alpha value is -2.89. The highest BCUT2D eigenvalue weighted by molar-refractivity contribution is 5.89. The van der Waals surface area contributed by atoms with E-state index in [2.05, 4.69) is 24.3 Å². The summed E-state index contributed by atoms with van der Waals surface area (Å²) >= 11 is 0. The summed E-state index contributed by atoms with van der Waals surface area (Å²) in [5, 5.41) is 0. The van der Waals surface area contributed by atoms with Gasteiger partial charge in [0.2, 0.25) is 11.8 Å². The summed E-state index contributed by atoms with van der Waals surface area (Å²) in [4.78, 5) is 33.0. The van der Waals surface area contributed by atoms with E-state index in [1.807, 2.05) is 24.0 Å². The van der Waals surface area contributed by atoms with Crippen molar-refractivity contribution in [1.29, 1.82) is 0 Å². The second-order valence-electron chi connectivity index (χ2n) is 8.84. The zero-order chi connectivity index (χ0) is 22.0. The number of hydrogen-bond acceptors (Lipinski definition) is 4. The predicted molar refractivity (Wildman–Crippen MR) is 119 cm³/mol. The number of amides is 2. The average molecular weight is 422 g/mol. The van der Waals surface area contributed by atoms with Gasteiger partial charge < -0.3 is 14.5 Å². The van der Waals surface area contributed by atoms with Crippen LogP contribution in [0, 0.1) is 12.8 Å². The normalized spacial score (nSPS) is 19.7. The molecule has 0 radical (unpaired) electrons. The first-order valence-corrected chi connectivity index (χ1v) is 11.1. The molecule has 0 aliphatic carbocycles. The first-order chi connectivity index (χ1) is 14.9. The molecule has 3 heterocycles. The SMILES string of the molecule is COc1cccc(Cc2cc(C)nc(C3CCN(C(=O)C4CC(=O)N(C)C4)CC3)c2)c1. The molecule has 2 aliphatic heterocycles. The van der Waals surface area contributed by atoms with Crippen molar-refractivity contribution >= 4 is 11.8 Å². The molecule has 6 nitrogen and oxygen atoms in total. The van der Waals surface area contributed by atoms with E-state index >= 15 is 0 Å². The Labute approximate surface area is 184 Å². The number of ether oxygens (including phenoxy) is 1. The van der Waals surface area contributed by atoms with Crippen LogP contribution in [0.2, 0.25) is 0 Å². The molecule has 1 unspecified atom stereocenters. The number of nitrogens with zero attached hydrogens (tertiary/aromatic N) is 3. The maximum atomic E-state index is 12.8. The third kappa shape index (κ3) is 4.89. The molecule has 0 bridgehead atoms. The summed E-state index contributed by atoms with van der Waals surface area (Å²) in [5.41, 5.74) is 4.62. The molecule has 2 saturated heterocycles. The van der Waals surface area contributed by atoms with E-state index in [1.54, 1.807) is 19.1 Å². The molecule has 1 aromatic carbocycles. The van der Waals surface area contributed by atoms with E-state index in [-0.39, 0.29) is 17.7 Å². The second kappa shape index (κ2) is 9.08. The summed E-state index contributed by atoms with van der Waals surface area (Å²) in [6, 6.07) is 12.5. The Balaban J connectivity index is 1.40. The molecule has 0 saturated carbocycles. The largest absolute Gasteiger partial charge is 0.497 e. The van der Waals surface area contributed by atoms with Crippen LogP contribution < -0.4 is 4.74 Å². The number of carbonyl (C=O) groups is 2. The van der Waals surface area contributed by atoms with E-state index < -0.39 is 0 Å². The van der Waals surface area contributed by atoms with Gasteiger partial charge in [-0.1, -0.05) is 12.1 Å². The average Bonchev–Trinajstić information content (AvgIpc) is 3.11. The van der Waals surface area contributed by atoms with Crippen molar-refractivity contribution in [3.63, 3.8) is 0 Å². The lowest BCUT2D eigenvalue weighted by Crippen LogP contribution is -2.42. The number of rotatable bonds is 5. The van der Waals surface area contributed by atoms with Gasteiger partial charge in [-0.25, -0.2) is 0 Å². The lowest BCUT2D eigenvalue weighted by Gasteiger charge is -2.33. The summed E-state index contributed by atoms with van der Waals surface area (Å²) in [5.74, 6) is 1.25. The zero-order valence-corrected chi connectivity index (χ0v) is 18.6. The molecule has 2 aliphatic rings. The van der Waals surface area contributed by atoms with Crippen LogP contribution in [-0.4, -0.2) is 60.4 Å². The zero-order valence-electron chi connectivity index (χ0n) is 18.6. The Kier molecular flexibility index (Phi) is 6.25. The van der Waals surface area contributed by atoms with Crippen molar-refractivity contribution < 1.29 is 14.3 Å². The Morgan fingerprint density at radius 2 is 1.94 bits per heavy atom. The maximum Gasteiger partial charge on any atom is 0.227 e. The summed E-state index contributed by atoms with van der Waals surface area (Å²) in [7, 11) is 3.46. The Bertz CT molecular complexity index is 966. The minimum atomic E-state index is -0.180. The third-order valence-electron chi connectivity index (χ3n) is 6.49. The van der Waals surface area contributed by atoms with Crippen molar-refractivity contribution in [2.75, 3.05) is 33.8 Å². The number of likely N-dealkylation sites (tertiary alicyclic amines) is 2. The Morgan fingerprint density at radius 1 is 1.16 bits per heavy atom. The van der Waals surface area contributed by atoms with E-state index in [0.29, 0.717) is 18.9 Å². The van der Waals surface area contributed by atoms with Crippen molar-refractivity contribution in [2.45, 2.75) is 38.5 Å². The molecule has 0 N–H and O–H groups in total. The lowest BCUT2D eigenvalue weighted by molar-refractivity contribution is -0.136. The van der Waals surface area contributed by atoms with Gasteiger partial charge in [0.15, 0.2) is 0 Å². The number of aryl methyl sites for hydroxylation is 1. The fourth-order valence-corrected chi connectivity index (χ4v) is 4.78. The molecule has 1 atom stereocenters. The molecule has 4 rings (SSSR count). The third-order valence-corrected chi connectivity index (χ3v) is 6.49. The van der Waals surface area contributed by atoms with Crippen LogP contribution in [0.25, 0.3) is 0 Å². The van der Waals surface area contributed by atoms with Crippen LogP contribution in [-0.2, 0) is 16.0 Å². The fraction of sp³-hybridized carbons (Fsp3) is 0.480. The number of carbonyl (C=O) groups excluding carboxylic acids is 2. The maximum absolute atomic E-state index is 12.8. The van der Waals surface area contributed by atoms with Crippen LogP contribution in [0.1, 0.15) is 47.7 Å². The number of methoxy groups -OCH3 is 1. The molecule has 164 valence electrons. The second-order valence-corrected chi connectivity index (χ2v) is 8.84. The van der Waals surface area contributed by atoms with Crippen LogP contribution in [0.4, 0.5) is 0 Å². The van der Waals surface area contributed by atoms with Crippen molar-refractivity contribution in [2.24, 2.45) is 5.92 Å². The van der Waals surface area contributed by atoms with E-state index in [4.69, 9.17) is 9.72 Å². The van der Waals surface area contributed by atoms with Crippen LogP contribution >= 0.6 is 0 Å². The van der Waals surface area contributed by atoms with Gasteiger partial charge >= 0.3 is 0 Å². The number of hydrogen-bond donors (Lipinski definition) is 0. The minimum absolute atomic E-state index is 0.0702. The molecular formula is C25H31N3O3. The van der Waals surface area contributed by atoms with Gasteiger partial charge in [0.25, 0.3) is 0 Å². The van der Waals surface area contributed by atoms with E-state index in [9.17, 15) is 9.59 Å². The standard InChI is InChI=1S/C25H31N3O3/c1-17-11-19(12-18-5-4-6-22(13-18)31-3)14-23(26-17)20-7-9-28(10-8-20)25(30)21-15-24(29)27(2)16-21/h4-6,11,13-14,20-21H,7-10,12,15-16H2,1-3H3. The van der Waals surface area contributed by atoms with Gasteiger partial charge in [-0.15, -0.1) is 0 Å². The molecule has 0 spiro atoms. The fourth-order valence-electron chi connectivity index (χ4n) is 4.78. The van der Waals surface area contributed by atoms with Crippen molar-refractivity contribution in [1.82, 2.24) is 14.8 Å². The van der Waals surface area contributed by atoms with E-state index in [1.165, 1.54) is 11.1 Å². The van der Waals surface area contributed by atoms with Gasteiger partial charge in [-0.2, -0.15) is 0 Å². The molecular weight excluding hydrogens is 390 g/mol. The topological polar surface area (TPSA) is 62.7 Å². The van der Waals surface area contributed by atoms with Crippen LogP contribution in [0.5, 0.6) is 5.75 Å². The van der Waals surface area contributed by atoms with Gasteiger partial charge in [-0.05, 0) is 61.6 Å². The van der Waals surface area contributed by atoms with Gasteiger partial charge in [0.1, 0.15) is 5.75 Å². The van der Waals surface area contributed by atoms with E-state index in [0.717, 1.165) is 49.5 Å². The first-order valence-electron chi connectivity index (χ1n) is 11.1. The number of benzene rings is 1. The van der Waals surface area contributed by atoms with Crippen LogP contribution in [0.15, 0.2) is 36.4 Å². The van der Waals surface area contributed by atoms with Gasteiger partial charge in [0.05, 0.1) is 13.0 Å². The first kappa shape index (κ1) is 21.3.